The lowest BCUT2D eigenvalue weighted by atomic mass is 10.2. The van der Waals surface area contributed by atoms with Crippen molar-refractivity contribution in [3.05, 3.63) is 12.1 Å². The summed E-state index contributed by atoms with van der Waals surface area (Å²) >= 11 is 0. The van der Waals surface area contributed by atoms with Crippen LogP contribution in [-0.4, -0.2) is 53.4 Å². The zero-order valence-electron chi connectivity index (χ0n) is 14.4. The van der Waals surface area contributed by atoms with Crippen LogP contribution in [0.4, 0.5) is 5.69 Å². The molecule has 0 unspecified atom stereocenters. The summed E-state index contributed by atoms with van der Waals surface area (Å²) in [6, 6.07) is 3.19. The third-order valence-corrected chi connectivity index (χ3v) is 3.12. The molecule has 2 N–H and O–H groups in total. The average molecular weight is 340 g/mol. The van der Waals surface area contributed by atoms with Gasteiger partial charge in [-0.1, -0.05) is 0 Å². The molecule has 0 radical (unpaired) electrons. The van der Waals surface area contributed by atoms with Gasteiger partial charge < -0.3 is 29.6 Å². The third kappa shape index (κ3) is 5.96. The number of carbonyl (C=O) groups is 2. The molecule has 0 aliphatic carbocycles. The zero-order valence-corrected chi connectivity index (χ0v) is 14.4. The zero-order chi connectivity index (χ0) is 17.9. The first-order valence-electron chi connectivity index (χ1n) is 7.41. The lowest BCUT2D eigenvalue weighted by Gasteiger charge is -2.14. The summed E-state index contributed by atoms with van der Waals surface area (Å²) in [6.07, 6.45) is 0.417. The molecule has 0 saturated carbocycles. The second-order valence-corrected chi connectivity index (χ2v) is 4.84. The van der Waals surface area contributed by atoms with Crippen molar-refractivity contribution >= 4 is 17.5 Å². The van der Waals surface area contributed by atoms with Crippen molar-refractivity contribution in [1.29, 1.82) is 0 Å². The van der Waals surface area contributed by atoms with Gasteiger partial charge in [0.15, 0.2) is 11.5 Å². The van der Waals surface area contributed by atoms with E-state index in [0.29, 0.717) is 42.5 Å². The molecule has 0 aromatic heterocycles. The monoisotopic (exact) mass is 340 g/mol. The van der Waals surface area contributed by atoms with E-state index in [1.165, 1.54) is 21.3 Å². The van der Waals surface area contributed by atoms with Crippen LogP contribution >= 0.6 is 0 Å². The highest BCUT2D eigenvalue weighted by Gasteiger charge is 2.15. The first-order chi connectivity index (χ1) is 11.5. The Kier molecular flexibility index (Phi) is 8.42. The molecule has 134 valence electrons. The molecule has 0 aliphatic heterocycles. The molecule has 0 bridgehead atoms. The van der Waals surface area contributed by atoms with Crippen LogP contribution in [-0.2, 0) is 14.3 Å². The van der Waals surface area contributed by atoms with Crippen molar-refractivity contribution in [2.24, 2.45) is 0 Å². The van der Waals surface area contributed by atoms with E-state index >= 15 is 0 Å². The number of nitrogens with one attached hydrogen (secondary N) is 2. The van der Waals surface area contributed by atoms with Crippen molar-refractivity contribution in [3.8, 4) is 17.2 Å². The molecule has 8 heteroatoms. The standard InChI is InChI=1S/C16H24N2O6/c1-21-7-5-6-17-14(19)10-15(20)18-11-8-12(22-2)16(24-4)13(9-11)23-3/h8-9H,5-7,10H2,1-4H3,(H,17,19)(H,18,20). The molecule has 1 aromatic rings. The van der Waals surface area contributed by atoms with Crippen LogP contribution in [0.15, 0.2) is 12.1 Å². The summed E-state index contributed by atoms with van der Waals surface area (Å²) in [5.74, 6) is 0.464. The molecule has 0 saturated heterocycles. The highest BCUT2D eigenvalue weighted by molar-refractivity contribution is 6.03. The van der Waals surface area contributed by atoms with E-state index in [0.717, 1.165) is 0 Å². The predicted octanol–water partition coefficient (Wildman–Crippen LogP) is 1.19. The van der Waals surface area contributed by atoms with Crippen molar-refractivity contribution in [1.82, 2.24) is 5.32 Å². The summed E-state index contributed by atoms with van der Waals surface area (Å²) < 4.78 is 20.5. The van der Waals surface area contributed by atoms with Gasteiger partial charge in [0.05, 0.1) is 21.3 Å². The van der Waals surface area contributed by atoms with Gasteiger partial charge in [0, 0.05) is 38.1 Å². The Balaban J connectivity index is 2.65. The van der Waals surface area contributed by atoms with Crippen LogP contribution < -0.4 is 24.8 Å². The van der Waals surface area contributed by atoms with Crippen molar-refractivity contribution < 1.29 is 28.5 Å². The smallest absolute Gasteiger partial charge is 0.233 e. The molecule has 0 spiro atoms. The minimum absolute atomic E-state index is 0.274. The number of anilines is 1. The minimum atomic E-state index is -0.437. The van der Waals surface area contributed by atoms with E-state index in [1.807, 2.05) is 0 Å². The first kappa shape index (κ1) is 19.6. The number of hydrogen-bond acceptors (Lipinski definition) is 6. The molecule has 0 fully saturated rings. The number of benzene rings is 1. The van der Waals surface area contributed by atoms with Gasteiger partial charge in [0.2, 0.25) is 17.6 Å². The maximum atomic E-state index is 12.0. The first-order valence-corrected chi connectivity index (χ1v) is 7.41. The Bertz CT molecular complexity index is 536. The summed E-state index contributed by atoms with van der Waals surface area (Å²) in [6.45, 7) is 1.02. The number of amides is 2. The summed E-state index contributed by atoms with van der Waals surface area (Å²) in [5.41, 5.74) is 0.446. The highest BCUT2D eigenvalue weighted by atomic mass is 16.5. The van der Waals surface area contributed by atoms with Gasteiger partial charge in [-0.05, 0) is 6.42 Å². The number of hydrogen-bond donors (Lipinski definition) is 2. The van der Waals surface area contributed by atoms with Crippen molar-refractivity contribution in [3.63, 3.8) is 0 Å². The second-order valence-electron chi connectivity index (χ2n) is 4.84. The van der Waals surface area contributed by atoms with Gasteiger partial charge in [-0.3, -0.25) is 9.59 Å². The second kappa shape index (κ2) is 10.3. The van der Waals surface area contributed by atoms with Gasteiger partial charge in [0.25, 0.3) is 0 Å². The van der Waals surface area contributed by atoms with Crippen molar-refractivity contribution in [2.45, 2.75) is 12.8 Å². The number of rotatable bonds is 10. The topological polar surface area (TPSA) is 95.1 Å². The number of carbonyl (C=O) groups excluding carboxylic acids is 2. The van der Waals surface area contributed by atoms with Gasteiger partial charge in [0.1, 0.15) is 6.42 Å². The maximum absolute atomic E-state index is 12.0. The number of ether oxygens (including phenoxy) is 4. The molecule has 0 heterocycles. The summed E-state index contributed by atoms with van der Waals surface area (Å²) in [4.78, 5) is 23.6. The largest absolute Gasteiger partial charge is 0.493 e. The molecule has 1 rings (SSSR count). The van der Waals surface area contributed by atoms with Gasteiger partial charge in [-0.15, -0.1) is 0 Å². The van der Waals surface area contributed by atoms with E-state index in [-0.39, 0.29) is 12.3 Å². The molecular formula is C16H24N2O6. The lowest BCUT2D eigenvalue weighted by Crippen LogP contribution is -2.29. The Labute approximate surface area is 141 Å². The molecule has 24 heavy (non-hydrogen) atoms. The molecule has 1 aromatic carbocycles. The quantitative estimate of drug-likeness (QED) is 0.491. The number of methoxy groups -OCH3 is 4. The van der Waals surface area contributed by atoms with Crippen LogP contribution in [0.1, 0.15) is 12.8 Å². The maximum Gasteiger partial charge on any atom is 0.233 e. The Morgan fingerprint density at radius 3 is 2.08 bits per heavy atom. The van der Waals surface area contributed by atoms with E-state index in [2.05, 4.69) is 10.6 Å². The van der Waals surface area contributed by atoms with E-state index in [1.54, 1.807) is 19.2 Å². The molecule has 8 nitrogen and oxygen atoms in total. The molecule has 0 atom stereocenters. The summed E-state index contributed by atoms with van der Waals surface area (Å²) in [7, 11) is 6.05. The molecule has 0 aliphatic rings. The SMILES string of the molecule is COCCCNC(=O)CC(=O)Nc1cc(OC)c(OC)c(OC)c1. The van der Waals surface area contributed by atoms with E-state index in [9.17, 15) is 9.59 Å². The average Bonchev–Trinajstić information content (AvgIpc) is 2.57. The normalized spacial score (nSPS) is 10.0. The molecule has 2 amide bonds. The van der Waals surface area contributed by atoms with Crippen LogP contribution in [0, 0.1) is 0 Å². The van der Waals surface area contributed by atoms with Gasteiger partial charge >= 0.3 is 0 Å². The van der Waals surface area contributed by atoms with Crippen LogP contribution in [0.5, 0.6) is 17.2 Å². The Hall–Kier alpha value is -2.48. The van der Waals surface area contributed by atoms with Crippen LogP contribution in [0.2, 0.25) is 0 Å². The fraction of sp³-hybridized carbons (Fsp3) is 0.500. The molecular weight excluding hydrogens is 316 g/mol. The third-order valence-electron chi connectivity index (χ3n) is 3.12. The van der Waals surface area contributed by atoms with E-state index in [4.69, 9.17) is 18.9 Å². The van der Waals surface area contributed by atoms with Crippen molar-refractivity contribution in [2.75, 3.05) is 46.9 Å². The van der Waals surface area contributed by atoms with Crippen LogP contribution in [0.3, 0.4) is 0 Å². The van der Waals surface area contributed by atoms with Gasteiger partial charge in [-0.2, -0.15) is 0 Å². The lowest BCUT2D eigenvalue weighted by molar-refractivity contribution is -0.126. The summed E-state index contributed by atoms with van der Waals surface area (Å²) in [5, 5.41) is 5.28. The predicted molar refractivity (Wildman–Crippen MR) is 88.8 cm³/mol. The van der Waals surface area contributed by atoms with Gasteiger partial charge in [-0.25, -0.2) is 0 Å². The van der Waals surface area contributed by atoms with Crippen LogP contribution in [0.25, 0.3) is 0 Å². The van der Waals surface area contributed by atoms with E-state index < -0.39 is 5.91 Å². The fourth-order valence-corrected chi connectivity index (χ4v) is 2.01. The Morgan fingerprint density at radius 2 is 1.58 bits per heavy atom. The Morgan fingerprint density at radius 1 is 0.958 bits per heavy atom. The highest BCUT2D eigenvalue weighted by Crippen LogP contribution is 2.39. The minimum Gasteiger partial charge on any atom is -0.493 e. The fourth-order valence-electron chi connectivity index (χ4n) is 2.01.